The van der Waals surface area contributed by atoms with E-state index in [1.807, 2.05) is 30.2 Å². The maximum absolute atomic E-state index is 12.1. The lowest BCUT2D eigenvalue weighted by atomic mass is 10.1. The van der Waals surface area contributed by atoms with Crippen LogP contribution in [0.15, 0.2) is 16.5 Å². The summed E-state index contributed by atoms with van der Waals surface area (Å²) in [4.78, 5) is 26.2. The molecule has 1 aliphatic heterocycles. The molecule has 7 heteroatoms. The highest BCUT2D eigenvalue weighted by molar-refractivity contribution is 7.98. The number of furan rings is 1. The minimum atomic E-state index is -0.435. The van der Waals surface area contributed by atoms with Gasteiger partial charge in [-0.05, 0) is 37.5 Å². The van der Waals surface area contributed by atoms with E-state index in [9.17, 15) is 9.59 Å². The van der Waals surface area contributed by atoms with Crippen molar-refractivity contribution in [1.29, 1.82) is 0 Å². The van der Waals surface area contributed by atoms with Gasteiger partial charge in [-0.25, -0.2) is 0 Å². The average Bonchev–Trinajstić information content (AvgIpc) is 2.92. The molecule has 6 nitrogen and oxygen atoms in total. The van der Waals surface area contributed by atoms with Crippen molar-refractivity contribution in [3.8, 4) is 0 Å². The third kappa shape index (κ3) is 5.58. The number of nitrogens with zero attached hydrogens (tertiary/aromatic N) is 1. The van der Waals surface area contributed by atoms with Gasteiger partial charge < -0.3 is 15.1 Å². The number of aryl methyl sites for hydroxylation is 1. The number of carbonyl (C=O) groups is 2. The molecule has 0 bridgehead atoms. The van der Waals surface area contributed by atoms with Crippen LogP contribution in [0, 0.1) is 6.92 Å². The van der Waals surface area contributed by atoms with Crippen molar-refractivity contribution in [2.75, 3.05) is 31.6 Å². The average molecular weight is 339 g/mol. The summed E-state index contributed by atoms with van der Waals surface area (Å²) in [6.45, 7) is 4.42. The van der Waals surface area contributed by atoms with Crippen LogP contribution in [-0.2, 0) is 16.1 Å². The molecule has 0 saturated carbocycles. The molecule has 2 rings (SSSR count). The van der Waals surface area contributed by atoms with Crippen LogP contribution in [0.2, 0.25) is 0 Å². The van der Waals surface area contributed by atoms with Gasteiger partial charge in [-0.15, -0.1) is 0 Å². The summed E-state index contributed by atoms with van der Waals surface area (Å²) in [5.41, 5.74) is 0. The Bertz CT molecular complexity index is 532. The molecule has 2 N–H and O–H groups in total. The van der Waals surface area contributed by atoms with Crippen LogP contribution in [0.25, 0.3) is 0 Å². The topological polar surface area (TPSA) is 74.6 Å². The van der Waals surface area contributed by atoms with Crippen molar-refractivity contribution in [2.45, 2.75) is 32.4 Å². The molecule has 23 heavy (non-hydrogen) atoms. The fourth-order valence-electron chi connectivity index (χ4n) is 2.64. The quantitative estimate of drug-likeness (QED) is 0.695. The van der Waals surface area contributed by atoms with Crippen LogP contribution in [-0.4, -0.2) is 54.4 Å². The zero-order valence-corrected chi connectivity index (χ0v) is 14.6. The van der Waals surface area contributed by atoms with E-state index in [0.29, 0.717) is 19.6 Å². The van der Waals surface area contributed by atoms with Crippen molar-refractivity contribution in [3.63, 3.8) is 0 Å². The molecule has 1 unspecified atom stereocenters. The van der Waals surface area contributed by atoms with Gasteiger partial charge in [0, 0.05) is 19.6 Å². The molecular weight excluding hydrogens is 314 g/mol. The second kappa shape index (κ2) is 8.98. The summed E-state index contributed by atoms with van der Waals surface area (Å²) in [6.07, 6.45) is 3.17. The molecule has 1 aliphatic rings. The van der Waals surface area contributed by atoms with E-state index in [1.54, 1.807) is 11.8 Å². The van der Waals surface area contributed by atoms with E-state index in [4.69, 9.17) is 4.42 Å². The Morgan fingerprint density at radius 2 is 2.35 bits per heavy atom. The van der Waals surface area contributed by atoms with E-state index in [0.717, 1.165) is 30.2 Å². The Hall–Kier alpha value is -1.47. The van der Waals surface area contributed by atoms with Gasteiger partial charge >= 0.3 is 0 Å². The smallest absolute Gasteiger partial charge is 0.237 e. The lowest BCUT2D eigenvalue weighted by molar-refractivity contribution is -0.134. The van der Waals surface area contributed by atoms with Gasteiger partial charge in [0.25, 0.3) is 0 Å². The SMILES string of the molecule is CSCCCNC(=O)CC1C(=O)NCCN1Cc1ccc(C)o1. The largest absolute Gasteiger partial charge is 0.465 e. The zero-order valence-electron chi connectivity index (χ0n) is 13.8. The molecule has 0 aromatic carbocycles. The van der Waals surface area contributed by atoms with Crippen LogP contribution in [0.3, 0.4) is 0 Å². The minimum Gasteiger partial charge on any atom is -0.465 e. The Kier molecular flexibility index (Phi) is 6.98. The second-order valence-electron chi connectivity index (χ2n) is 5.69. The monoisotopic (exact) mass is 339 g/mol. The van der Waals surface area contributed by atoms with E-state index in [-0.39, 0.29) is 18.2 Å². The zero-order chi connectivity index (χ0) is 16.7. The van der Waals surface area contributed by atoms with Crippen LogP contribution in [0.1, 0.15) is 24.4 Å². The van der Waals surface area contributed by atoms with Gasteiger partial charge in [0.15, 0.2) is 0 Å². The van der Waals surface area contributed by atoms with Crippen molar-refractivity contribution < 1.29 is 14.0 Å². The summed E-state index contributed by atoms with van der Waals surface area (Å²) < 4.78 is 5.59. The fraction of sp³-hybridized carbons (Fsp3) is 0.625. The lowest BCUT2D eigenvalue weighted by Crippen LogP contribution is -2.56. The number of piperazine rings is 1. The van der Waals surface area contributed by atoms with Gasteiger partial charge in [-0.3, -0.25) is 14.5 Å². The highest BCUT2D eigenvalue weighted by Crippen LogP contribution is 2.15. The molecule has 2 amide bonds. The van der Waals surface area contributed by atoms with E-state index < -0.39 is 6.04 Å². The van der Waals surface area contributed by atoms with Gasteiger partial charge in [0.05, 0.1) is 19.0 Å². The first-order chi connectivity index (χ1) is 11.1. The van der Waals surface area contributed by atoms with Crippen molar-refractivity contribution in [1.82, 2.24) is 15.5 Å². The minimum absolute atomic E-state index is 0.0752. The maximum atomic E-state index is 12.1. The van der Waals surface area contributed by atoms with E-state index in [1.165, 1.54) is 0 Å². The molecule has 1 fully saturated rings. The standard InChI is InChI=1S/C16H25N3O3S/c1-12-4-5-13(22-12)11-19-8-7-18-16(21)14(19)10-15(20)17-6-3-9-23-2/h4-5,14H,3,6-11H2,1-2H3,(H,17,20)(H,18,21). The highest BCUT2D eigenvalue weighted by atomic mass is 32.2. The number of carbonyl (C=O) groups excluding carboxylic acids is 2. The third-order valence-electron chi connectivity index (χ3n) is 3.82. The molecular formula is C16H25N3O3S. The molecule has 1 aromatic heterocycles. The summed E-state index contributed by atoms with van der Waals surface area (Å²) in [5, 5.41) is 5.73. The van der Waals surface area contributed by atoms with E-state index in [2.05, 4.69) is 10.6 Å². The fourth-order valence-corrected chi connectivity index (χ4v) is 3.07. The normalized spacial score (nSPS) is 18.7. The van der Waals surface area contributed by atoms with Gasteiger partial charge in [0.2, 0.25) is 11.8 Å². The number of rotatable bonds is 8. The van der Waals surface area contributed by atoms with Gasteiger partial charge in [-0.1, -0.05) is 0 Å². The Morgan fingerprint density at radius 1 is 1.52 bits per heavy atom. The number of nitrogens with one attached hydrogen (secondary N) is 2. The number of hydrogen-bond acceptors (Lipinski definition) is 5. The molecule has 128 valence electrons. The van der Waals surface area contributed by atoms with Crippen LogP contribution in [0.5, 0.6) is 0 Å². The van der Waals surface area contributed by atoms with Gasteiger partial charge in [-0.2, -0.15) is 11.8 Å². The van der Waals surface area contributed by atoms with Crippen molar-refractivity contribution >= 4 is 23.6 Å². The Morgan fingerprint density at radius 3 is 3.04 bits per heavy atom. The van der Waals surface area contributed by atoms with E-state index >= 15 is 0 Å². The Balaban J connectivity index is 1.89. The number of amides is 2. The molecule has 1 aromatic rings. The first kappa shape index (κ1) is 17.9. The predicted molar refractivity (Wildman–Crippen MR) is 91.3 cm³/mol. The summed E-state index contributed by atoms with van der Waals surface area (Å²) in [5.74, 6) is 2.54. The summed E-state index contributed by atoms with van der Waals surface area (Å²) >= 11 is 1.76. The van der Waals surface area contributed by atoms with Crippen LogP contribution in [0.4, 0.5) is 0 Å². The number of thioether (sulfide) groups is 1. The predicted octanol–water partition coefficient (Wildman–Crippen LogP) is 1.15. The van der Waals surface area contributed by atoms with Gasteiger partial charge in [0.1, 0.15) is 11.5 Å². The third-order valence-corrected chi connectivity index (χ3v) is 4.52. The lowest BCUT2D eigenvalue weighted by Gasteiger charge is -2.34. The molecule has 1 saturated heterocycles. The molecule has 0 spiro atoms. The first-order valence-electron chi connectivity index (χ1n) is 7.93. The maximum Gasteiger partial charge on any atom is 0.237 e. The Labute approximate surface area is 141 Å². The number of hydrogen-bond donors (Lipinski definition) is 2. The molecule has 0 aliphatic carbocycles. The summed E-state index contributed by atoms with van der Waals surface area (Å²) in [6, 6.07) is 3.39. The second-order valence-corrected chi connectivity index (χ2v) is 6.68. The van der Waals surface area contributed by atoms with Crippen LogP contribution < -0.4 is 10.6 Å². The molecule has 2 heterocycles. The molecule has 0 radical (unpaired) electrons. The molecule has 1 atom stereocenters. The van der Waals surface area contributed by atoms with Crippen molar-refractivity contribution in [3.05, 3.63) is 23.7 Å². The van der Waals surface area contributed by atoms with Crippen LogP contribution >= 0.6 is 11.8 Å². The summed E-state index contributed by atoms with van der Waals surface area (Å²) in [7, 11) is 0. The first-order valence-corrected chi connectivity index (χ1v) is 9.32. The van der Waals surface area contributed by atoms with Crippen molar-refractivity contribution in [2.24, 2.45) is 0 Å². The highest BCUT2D eigenvalue weighted by Gasteiger charge is 2.31.